The third-order valence-corrected chi connectivity index (χ3v) is 3.39. The first-order valence-corrected chi connectivity index (χ1v) is 6.83. The summed E-state index contributed by atoms with van der Waals surface area (Å²) in [5.74, 6) is -0.171. The summed E-state index contributed by atoms with van der Waals surface area (Å²) < 4.78 is 11.2. The standard InChI is InChI=1S/C17H15NO4/c1-10(2)8-21-9-11-7-14-15(16(18-20)17(11)19)12-5-3-4-6-13(12)22-14/h3-7,19H,1,8-9H2,2H3. The lowest BCUT2D eigenvalue weighted by Crippen LogP contribution is -1.96. The Balaban J connectivity index is 2.15. The molecule has 1 N–H and O–H groups in total. The van der Waals surface area contributed by atoms with E-state index in [1.165, 1.54) is 0 Å². The fourth-order valence-corrected chi connectivity index (χ4v) is 2.44. The van der Waals surface area contributed by atoms with Crippen molar-refractivity contribution in [2.45, 2.75) is 13.5 Å². The summed E-state index contributed by atoms with van der Waals surface area (Å²) in [7, 11) is 0. The van der Waals surface area contributed by atoms with Gasteiger partial charge in [-0.3, -0.25) is 0 Å². The lowest BCUT2D eigenvalue weighted by molar-refractivity contribution is 0.141. The molecule has 2 aromatic carbocycles. The Morgan fingerprint density at radius 1 is 1.36 bits per heavy atom. The predicted molar refractivity (Wildman–Crippen MR) is 85.3 cm³/mol. The van der Waals surface area contributed by atoms with Gasteiger partial charge in [-0.25, -0.2) is 0 Å². The minimum Gasteiger partial charge on any atom is -0.505 e. The Morgan fingerprint density at radius 2 is 2.14 bits per heavy atom. The highest BCUT2D eigenvalue weighted by Crippen LogP contribution is 2.43. The number of nitrogens with zero attached hydrogens (tertiary/aromatic N) is 1. The summed E-state index contributed by atoms with van der Waals surface area (Å²) in [4.78, 5) is 11.2. The quantitative estimate of drug-likeness (QED) is 0.543. The monoisotopic (exact) mass is 297 g/mol. The zero-order chi connectivity index (χ0) is 15.7. The third-order valence-electron chi connectivity index (χ3n) is 3.39. The number of furan rings is 1. The molecule has 0 aliphatic carbocycles. The van der Waals surface area contributed by atoms with Gasteiger partial charge in [-0.2, -0.15) is 0 Å². The molecular formula is C17H15NO4. The Labute approximate surface area is 126 Å². The highest BCUT2D eigenvalue weighted by atomic mass is 16.5. The van der Waals surface area contributed by atoms with E-state index in [-0.39, 0.29) is 18.0 Å². The van der Waals surface area contributed by atoms with Gasteiger partial charge in [-0.15, -0.1) is 4.91 Å². The number of phenols is 1. The summed E-state index contributed by atoms with van der Waals surface area (Å²) in [5, 5.41) is 14.6. The largest absolute Gasteiger partial charge is 0.505 e. The fraction of sp³-hybridized carbons (Fsp3) is 0.176. The predicted octanol–water partition coefficient (Wildman–Crippen LogP) is 4.78. The molecule has 0 fully saturated rings. The van der Waals surface area contributed by atoms with E-state index in [1.807, 2.05) is 25.1 Å². The number of ether oxygens (including phenoxy) is 1. The number of nitroso groups, excluding NO2 is 1. The van der Waals surface area contributed by atoms with Crippen LogP contribution in [0.5, 0.6) is 5.75 Å². The lowest BCUT2D eigenvalue weighted by Gasteiger charge is -2.08. The molecule has 112 valence electrons. The highest BCUT2D eigenvalue weighted by Gasteiger charge is 2.19. The summed E-state index contributed by atoms with van der Waals surface area (Å²) in [6.45, 7) is 6.12. The maximum atomic E-state index is 11.2. The van der Waals surface area contributed by atoms with Gasteiger partial charge in [0.1, 0.15) is 11.2 Å². The van der Waals surface area contributed by atoms with E-state index in [2.05, 4.69) is 11.8 Å². The average Bonchev–Trinajstić information content (AvgIpc) is 2.86. The Kier molecular flexibility index (Phi) is 3.65. The number of hydrogen-bond donors (Lipinski definition) is 1. The summed E-state index contributed by atoms with van der Waals surface area (Å²) in [6, 6.07) is 8.99. The van der Waals surface area contributed by atoms with Crippen LogP contribution in [0.25, 0.3) is 21.9 Å². The summed E-state index contributed by atoms with van der Waals surface area (Å²) in [6.07, 6.45) is 0. The van der Waals surface area contributed by atoms with Gasteiger partial charge >= 0.3 is 0 Å². The van der Waals surface area contributed by atoms with Crippen molar-refractivity contribution in [1.29, 1.82) is 0 Å². The molecule has 0 radical (unpaired) electrons. The molecule has 0 aliphatic rings. The van der Waals surface area contributed by atoms with Gasteiger partial charge < -0.3 is 14.3 Å². The van der Waals surface area contributed by atoms with Crippen LogP contribution < -0.4 is 0 Å². The topological polar surface area (TPSA) is 72.0 Å². The minimum absolute atomic E-state index is 0.0172. The van der Waals surface area contributed by atoms with Crippen molar-refractivity contribution >= 4 is 27.6 Å². The van der Waals surface area contributed by atoms with Crippen LogP contribution in [0.2, 0.25) is 0 Å². The summed E-state index contributed by atoms with van der Waals surface area (Å²) in [5.41, 5.74) is 2.46. The zero-order valence-electron chi connectivity index (χ0n) is 12.1. The van der Waals surface area contributed by atoms with Crippen LogP contribution in [0.1, 0.15) is 12.5 Å². The molecule has 0 spiro atoms. The van der Waals surface area contributed by atoms with Gasteiger partial charge in [0, 0.05) is 10.9 Å². The number of aromatic hydroxyl groups is 1. The van der Waals surface area contributed by atoms with Crippen molar-refractivity contribution in [1.82, 2.24) is 0 Å². The maximum Gasteiger partial charge on any atom is 0.161 e. The van der Waals surface area contributed by atoms with Crippen LogP contribution in [0, 0.1) is 4.91 Å². The van der Waals surface area contributed by atoms with Gasteiger partial charge in [0.2, 0.25) is 0 Å². The van der Waals surface area contributed by atoms with Gasteiger partial charge in [0.25, 0.3) is 0 Å². The lowest BCUT2D eigenvalue weighted by atomic mass is 10.1. The minimum atomic E-state index is -0.171. The van der Waals surface area contributed by atoms with Crippen molar-refractivity contribution in [3.05, 3.63) is 53.0 Å². The molecule has 0 amide bonds. The number of rotatable bonds is 5. The van der Waals surface area contributed by atoms with Gasteiger partial charge in [-0.05, 0) is 24.2 Å². The first-order chi connectivity index (χ1) is 10.6. The highest BCUT2D eigenvalue weighted by molar-refractivity contribution is 6.12. The molecule has 0 atom stereocenters. The molecule has 0 unspecified atom stereocenters. The van der Waals surface area contributed by atoms with Crippen molar-refractivity contribution in [3.8, 4) is 5.75 Å². The van der Waals surface area contributed by atoms with Crippen molar-refractivity contribution < 1.29 is 14.3 Å². The molecule has 0 aliphatic heterocycles. The fourth-order valence-electron chi connectivity index (χ4n) is 2.44. The maximum absolute atomic E-state index is 11.2. The van der Waals surface area contributed by atoms with Crippen molar-refractivity contribution in [2.24, 2.45) is 5.18 Å². The summed E-state index contributed by atoms with van der Waals surface area (Å²) >= 11 is 0. The van der Waals surface area contributed by atoms with Gasteiger partial charge in [-0.1, -0.05) is 30.4 Å². The SMILES string of the molecule is C=C(C)COCc1cc2oc3ccccc3c2c(N=O)c1O. The molecule has 0 saturated carbocycles. The van der Waals surface area contributed by atoms with Crippen LogP contribution in [-0.4, -0.2) is 11.7 Å². The van der Waals surface area contributed by atoms with E-state index in [9.17, 15) is 10.0 Å². The molecule has 5 heteroatoms. The van der Waals surface area contributed by atoms with Crippen LogP contribution in [0.15, 0.2) is 52.1 Å². The molecule has 5 nitrogen and oxygen atoms in total. The van der Waals surface area contributed by atoms with Crippen molar-refractivity contribution in [2.75, 3.05) is 6.61 Å². The number of para-hydroxylation sites is 1. The number of hydrogen-bond acceptors (Lipinski definition) is 5. The smallest absolute Gasteiger partial charge is 0.161 e. The molecule has 22 heavy (non-hydrogen) atoms. The van der Waals surface area contributed by atoms with E-state index in [0.29, 0.717) is 28.7 Å². The number of phenolic OH excluding ortho intramolecular Hbond substituents is 1. The second-order valence-electron chi connectivity index (χ2n) is 5.25. The molecule has 0 bridgehead atoms. The number of fused-ring (bicyclic) bond motifs is 3. The van der Waals surface area contributed by atoms with E-state index in [0.717, 1.165) is 11.0 Å². The van der Waals surface area contributed by atoms with E-state index in [4.69, 9.17) is 9.15 Å². The molecule has 3 rings (SSSR count). The third kappa shape index (κ3) is 2.35. The van der Waals surface area contributed by atoms with E-state index < -0.39 is 0 Å². The Hall–Kier alpha value is -2.66. The number of benzene rings is 2. The first-order valence-electron chi connectivity index (χ1n) is 6.83. The average molecular weight is 297 g/mol. The normalized spacial score (nSPS) is 11.1. The zero-order valence-corrected chi connectivity index (χ0v) is 12.1. The van der Waals surface area contributed by atoms with Crippen LogP contribution in [0.3, 0.4) is 0 Å². The molecule has 1 aromatic heterocycles. The second kappa shape index (κ2) is 5.61. The molecule has 3 aromatic rings. The molecule has 1 heterocycles. The Morgan fingerprint density at radius 3 is 2.86 bits per heavy atom. The van der Waals surface area contributed by atoms with Crippen LogP contribution in [-0.2, 0) is 11.3 Å². The van der Waals surface area contributed by atoms with Crippen LogP contribution in [0.4, 0.5) is 5.69 Å². The van der Waals surface area contributed by atoms with Crippen LogP contribution >= 0.6 is 0 Å². The van der Waals surface area contributed by atoms with Gasteiger partial charge in [0.15, 0.2) is 11.4 Å². The van der Waals surface area contributed by atoms with Crippen molar-refractivity contribution in [3.63, 3.8) is 0 Å². The first kappa shape index (κ1) is 14.3. The molecular weight excluding hydrogens is 282 g/mol. The Bertz CT molecular complexity index is 879. The van der Waals surface area contributed by atoms with Gasteiger partial charge in [0.05, 0.1) is 18.6 Å². The van der Waals surface area contributed by atoms with E-state index >= 15 is 0 Å². The molecule has 0 saturated heterocycles. The second-order valence-corrected chi connectivity index (χ2v) is 5.25. The van der Waals surface area contributed by atoms with E-state index in [1.54, 1.807) is 12.1 Å².